The highest BCUT2D eigenvalue weighted by molar-refractivity contribution is 5.77. The third-order valence-corrected chi connectivity index (χ3v) is 4.38. The lowest BCUT2D eigenvalue weighted by molar-refractivity contribution is -0.132. The van der Waals surface area contributed by atoms with Crippen LogP contribution >= 0.6 is 0 Å². The van der Waals surface area contributed by atoms with Crippen molar-refractivity contribution in [3.8, 4) is 0 Å². The van der Waals surface area contributed by atoms with E-state index in [0.717, 1.165) is 18.2 Å². The van der Waals surface area contributed by atoms with Crippen molar-refractivity contribution in [2.75, 3.05) is 6.54 Å². The third-order valence-electron chi connectivity index (χ3n) is 4.38. The van der Waals surface area contributed by atoms with Gasteiger partial charge in [0, 0.05) is 37.3 Å². The van der Waals surface area contributed by atoms with Crippen LogP contribution in [0.1, 0.15) is 24.4 Å². The number of pyridine rings is 1. The number of carbonyl (C=O) groups is 1. The fourth-order valence-electron chi connectivity index (χ4n) is 3.16. The molecule has 1 saturated heterocycles. The third kappa shape index (κ3) is 3.76. The van der Waals surface area contributed by atoms with Crippen molar-refractivity contribution >= 4 is 5.91 Å². The number of aromatic nitrogens is 1. The average molecular weight is 348 g/mol. The van der Waals surface area contributed by atoms with Gasteiger partial charge in [0.2, 0.25) is 5.91 Å². The van der Waals surface area contributed by atoms with E-state index in [0.29, 0.717) is 0 Å². The highest BCUT2D eigenvalue weighted by Crippen LogP contribution is 2.34. The predicted molar refractivity (Wildman–Crippen MR) is 86.8 cm³/mol. The summed E-state index contributed by atoms with van der Waals surface area (Å²) in [6.07, 6.45) is 0.968. The van der Waals surface area contributed by atoms with Crippen LogP contribution in [0.2, 0.25) is 0 Å². The summed E-state index contributed by atoms with van der Waals surface area (Å²) < 4.78 is 28.9. The van der Waals surface area contributed by atoms with Crippen LogP contribution in [-0.4, -0.2) is 33.1 Å². The summed E-state index contributed by atoms with van der Waals surface area (Å²) in [5.74, 6) is -1.53. The number of aliphatic hydroxyl groups excluding tert-OH is 1. The monoisotopic (exact) mass is 348 g/mol. The van der Waals surface area contributed by atoms with E-state index >= 15 is 0 Å². The zero-order valence-corrected chi connectivity index (χ0v) is 13.4. The van der Waals surface area contributed by atoms with Crippen molar-refractivity contribution in [1.82, 2.24) is 9.47 Å². The Morgan fingerprint density at radius 3 is 2.80 bits per heavy atom. The Bertz CT molecular complexity index is 837. The molecule has 7 heteroatoms. The lowest BCUT2D eigenvalue weighted by Gasteiger charge is -2.25. The summed E-state index contributed by atoms with van der Waals surface area (Å²) in [6, 6.07) is 7.07. The molecule has 1 aliphatic rings. The van der Waals surface area contributed by atoms with Crippen LogP contribution < -0.4 is 5.56 Å². The van der Waals surface area contributed by atoms with E-state index in [1.165, 1.54) is 15.5 Å². The molecule has 0 aliphatic carbocycles. The van der Waals surface area contributed by atoms with E-state index in [-0.39, 0.29) is 43.0 Å². The standard InChI is InChI=1S/C18H18F2N2O3/c19-12-4-5-15(20)14(9-12)16-10-13(23)11-22(16)18(25)6-8-21-7-2-1-3-17(21)24/h1-5,7,9,13,16,23H,6,8,10-11H2. The van der Waals surface area contributed by atoms with Gasteiger partial charge in [-0.1, -0.05) is 6.07 Å². The maximum absolute atomic E-state index is 14.1. The van der Waals surface area contributed by atoms with E-state index in [1.54, 1.807) is 18.3 Å². The molecule has 5 nitrogen and oxygen atoms in total. The fraction of sp³-hybridized carbons (Fsp3) is 0.333. The molecule has 1 N–H and O–H groups in total. The Balaban J connectivity index is 1.77. The zero-order chi connectivity index (χ0) is 18.0. The maximum Gasteiger partial charge on any atom is 0.250 e. The molecule has 0 spiro atoms. The van der Waals surface area contributed by atoms with Gasteiger partial charge < -0.3 is 14.6 Å². The molecule has 1 amide bonds. The average Bonchev–Trinajstić information content (AvgIpc) is 2.98. The first kappa shape index (κ1) is 17.3. The molecule has 2 unspecified atom stereocenters. The smallest absolute Gasteiger partial charge is 0.250 e. The summed E-state index contributed by atoms with van der Waals surface area (Å²) in [7, 11) is 0. The second-order valence-electron chi connectivity index (χ2n) is 6.10. The molecule has 1 aromatic carbocycles. The number of hydrogen-bond donors (Lipinski definition) is 1. The van der Waals surface area contributed by atoms with Crippen LogP contribution in [0.3, 0.4) is 0 Å². The van der Waals surface area contributed by atoms with Crippen molar-refractivity contribution in [3.63, 3.8) is 0 Å². The van der Waals surface area contributed by atoms with Crippen molar-refractivity contribution in [3.05, 3.63) is 70.1 Å². The molecule has 3 rings (SSSR count). The summed E-state index contributed by atoms with van der Waals surface area (Å²) in [4.78, 5) is 25.6. The minimum Gasteiger partial charge on any atom is -0.391 e. The molecule has 0 saturated carbocycles. The Morgan fingerprint density at radius 1 is 1.24 bits per heavy atom. The Morgan fingerprint density at radius 2 is 2.04 bits per heavy atom. The van der Waals surface area contributed by atoms with E-state index in [4.69, 9.17) is 0 Å². The van der Waals surface area contributed by atoms with Crippen molar-refractivity contribution in [2.24, 2.45) is 0 Å². The van der Waals surface area contributed by atoms with E-state index < -0.39 is 23.8 Å². The van der Waals surface area contributed by atoms with Gasteiger partial charge in [0.05, 0.1) is 12.1 Å². The van der Waals surface area contributed by atoms with E-state index in [2.05, 4.69) is 0 Å². The highest BCUT2D eigenvalue weighted by Gasteiger charge is 2.36. The van der Waals surface area contributed by atoms with Gasteiger partial charge in [-0.05, 0) is 30.7 Å². The first-order valence-electron chi connectivity index (χ1n) is 8.03. The number of rotatable bonds is 4. The number of nitrogens with zero attached hydrogens (tertiary/aromatic N) is 2. The highest BCUT2D eigenvalue weighted by atomic mass is 19.1. The molecule has 0 radical (unpaired) electrons. The number of aryl methyl sites for hydroxylation is 1. The van der Waals surface area contributed by atoms with Gasteiger partial charge >= 0.3 is 0 Å². The minimum atomic E-state index is -0.795. The van der Waals surface area contributed by atoms with Crippen LogP contribution in [0.4, 0.5) is 8.78 Å². The Kier molecular flexibility index (Phi) is 4.94. The molecule has 132 valence electrons. The van der Waals surface area contributed by atoms with Gasteiger partial charge in [-0.15, -0.1) is 0 Å². The molecule has 2 aromatic rings. The second-order valence-corrected chi connectivity index (χ2v) is 6.10. The minimum absolute atomic E-state index is 0.0318. The molecule has 25 heavy (non-hydrogen) atoms. The largest absolute Gasteiger partial charge is 0.391 e. The number of likely N-dealkylation sites (tertiary alicyclic amines) is 1. The van der Waals surface area contributed by atoms with Crippen molar-refractivity contribution < 1.29 is 18.7 Å². The van der Waals surface area contributed by atoms with Crippen molar-refractivity contribution in [1.29, 1.82) is 0 Å². The van der Waals surface area contributed by atoms with Crippen LogP contribution in [0.15, 0.2) is 47.4 Å². The maximum atomic E-state index is 14.1. The summed E-state index contributed by atoms with van der Waals surface area (Å²) in [5.41, 5.74) is -0.161. The zero-order valence-electron chi connectivity index (χ0n) is 13.4. The first-order chi connectivity index (χ1) is 12.0. The lowest BCUT2D eigenvalue weighted by atomic mass is 10.0. The van der Waals surface area contributed by atoms with Gasteiger partial charge in [0.1, 0.15) is 11.6 Å². The quantitative estimate of drug-likeness (QED) is 0.917. The van der Waals surface area contributed by atoms with Gasteiger partial charge in [0.25, 0.3) is 5.56 Å². The molecule has 1 aromatic heterocycles. The number of β-amino-alcohol motifs (C(OH)–C–C–N with tert-alkyl or cyclic N) is 1. The lowest BCUT2D eigenvalue weighted by Crippen LogP contribution is -2.33. The summed E-state index contributed by atoms with van der Waals surface area (Å²) >= 11 is 0. The second kappa shape index (κ2) is 7.14. The van der Waals surface area contributed by atoms with E-state index in [9.17, 15) is 23.5 Å². The number of carbonyl (C=O) groups excluding carboxylic acids is 1. The molecule has 1 aliphatic heterocycles. The topological polar surface area (TPSA) is 62.5 Å². The first-order valence-corrected chi connectivity index (χ1v) is 8.03. The summed E-state index contributed by atoms with van der Waals surface area (Å²) in [5, 5.41) is 9.90. The number of aliphatic hydroxyl groups is 1. The molecule has 2 atom stereocenters. The van der Waals surface area contributed by atoms with Crippen LogP contribution in [0.5, 0.6) is 0 Å². The van der Waals surface area contributed by atoms with Crippen LogP contribution in [0.25, 0.3) is 0 Å². The number of halogens is 2. The van der Waals surface area contributed by atoms with Gasteiger partial charge in [-0.3, -0.25) is 9.59 Å². The molecule has 1 fully saturated rings. The molecular weight excluding hydrogens is 330 g/mol. The predicted octanol–water partition coefficient (Wildman–Crippen LogP) is 1.85. The van der Waals surface area contributed by atoms with Crippen LogP contribution in [-0.2, 0) is 11.3 Å². The Hall–Kier alpha value is -2.54. The van der Waals surface area contributed by atoms with Gasteiger partial charge in [-0.2, -0.15) is 0 Å². The normalized spacial score (nSPS) is 20.0. The fourth-order valence-corrected chi connectivity index (χ4v) is 3.16. The molecule has 2 heterocycles. The number of benzene rings is 1. The molecule has 0 bridgehead atoms. The SMILES string of the molecule is O=C(CCn1ccccc1=O)N1CC(O)CC1c1cc(F)ccc1F. The molecular formula is C18H18F2N2O3. The van der Waals surface area contributed by atoms with Gasteiger partial charge in [0.15, 0.2) is 0 Å². The van der Waals surface area contributed by atoms with Crippen molar-refractivity contribution in [2.45, 2.75) is 31.5 Å². The van der Waals surface area contributed by atoms with E-state index in [1.807, 2.05) is 0 Å². The number of hydrogen-bond acceptors (Lipinski definition) is 3. The summed E-state index contributed by atoms with van der Waals surface area (Å²) in [6.45, 7) is 0.243. The Labute approximate surface area is 143 Å². The van der Waals surface area contributed by atoms with Crippen LogP contribution in [0, 0.1) is 11.6 Å². The van der Waals surface area contributed by atoms with Gasteiger partial charge in [-0.25, -0.2) is 8.78 Å². The number of amides is 1.